The van der Waals surface area contributed by atoms with Gasteiger partial charge in [-0.3, -0.25) is 4.68 Å². The van der Waals surface area contributed by atoms with Gasteiger partial charge in [0, 0.05) is 36.8 Å². The molecule has 1 atom stereocenters. The summed E-state index contributed by atoms with van der Waals surface area (Å²) in [5.74, 6) is 0.280. The Balaban J connectivity index is 2.28. The van der Waals surface area contributed by atoms with Gasteiger partial charge in [0.2, 0.25) is 0 Å². The molecule has 0 aliphatic carbocycles. The van der Waals surface area contributed by atoms with E-state index in [1.54, 1.807) is 12.1 Å². The second kappa shape index (κ2) is 6.72. The van der Waals surface area contributed by atoms with Crippen LogP contribution in [0.5, 0.6) is 5.75 Å². The zero-order valence-electron chi connectivity index (χ0n) is 13.0. The smallest absolute Gasteiger partial charge is 0.131 e. The number of halogens is 1. The highest BCUT2D eigenvalue weighted by Crippen LogP contribution is 2.25. The minimum absolute atomic E-state index is 0.0873. The molecule has 114 valence electrons. The molecule has 5 heteroatoms. The fourth-order valence-electron chi connectivity index (χ4n) is 2.52. The third-order valence-electron chi connectivity index (χ3n) is 3.55. The summed E-state index contributed by atoms with van der Waals surface area (Å²) in [5, 5.41) is 7.68. The van der Waals surface area contributed by atoms with E-state index in [-0.39, 0.29) is 11.9 Å². The lowest BCUT2D eigenvalue weighted by atomic mass is 10.0. The van der Waals surface area contributed by atoms with Gasteiger partial charge in [0.1, 0.15) is 11.6 Å². The predicted octanol–water partition coefficient (Wildman–Crippen LogP) is 2.77. The molecule has 1 unspecified atom stereocenters. The van der Waals surface area contributed by atoms with Gasteiger partial charge >= 0.3 is 0 Å². The molecule has 4 nitrogen and oxygen atoms in total. The number of ether oxygens (including phenoxy) is 1. The van der Waals surface area contributed by atoms with Crippen LogP contribution in [-0.2, 0) is 13.5 Å². The summed E-state index contributed by atoms with van der Waals surface area (Å²) in [6.45, 7) is 4.75. The van der Waals surface area contributed by atoms with Gasteiger partial charge in [-0.2, -0.15) is 5.10 Å². The van der Waals surface area contributed by atoms with Crippen molar-refractivity contribution in [3.05, 3.63) is 47.0 Å². The largest absolute Gasteiger partial charge is 0.497 e. The lowest BCUT2D eigenvalue weighted by Crippen LogP contribution is -2.24. The molecule has 1 aromatic carbocycles. The van der Waals surface area contributed by atoms with E-state index in [1.165, 1.54) is 13.2 Å². The van der Waals surface area contributed by atoms with Crippen LogP contribution in [0.3, 0.4) is 0 Å². The van der Waals surface area contributed by atoms with Crippen molar-refractivity contribution in [1.82, 2.24) is 15.1 Å². The van der Waals surface area contributed by atoms with Gasteiger partial charge < -0.3 is 10.1 Å². The van der Waals surface area contributed by atoms with E-state index in [4.69, 9.17) is 4.74 Å². The Kier molecular flexibility index (Phi) is 4.96. The SMILES string of the molecule is CCNC(Cc1cc(C)nn1C)c1ccc(OC)cc1F. The quantitative estimate of drug-likeness (QED) is 0.889. The molecular weight excluding hydrogens is 269 g/mol. The Labute approximate surface area is 124 Å². The maximum absolute atomic E-state index is 14.3. The highest BCUT2D eigenvalue weighted by molar-refractivity contribution is 5.31. The second-order valence-electron chi connectivity index (χ2n) is 5.10. The van der Waals surface area contributed by atoms with Crippen LogP contribution in [0, 0.1) is 12.7 Å². The number of aryl methyl sites for hydroxylation is 2. The Hall–Kier alpha value is -1.88. The fourth-order valence-corrected chi connectivity index (χ4v) is 2.52. The number of aromatic nitrogens is 2. The Morgan fingerprint density at radius 1 is 1.38 bits per heavy atom. The number of hydrogen-bond acceptors (Lipinski definition) is 3. The van der Waals surface area contributed by atoms with Gasteiger partial charge in [-0.1, -0.05) is 13.0 Å². The lowest BCUT2D eigenvalue weighted by Gasteiger charge is -2.19. The topological polar surface area (TPSA) is 39.1 Å². The van der Waals surface area contributed by atoms with Crippen LogP contribution in [0.1, 0.15) is 29.9 Å². The van der Waals surface area contributed by atoms with Crippen LogP contribution >= 0.6 is 0 Å². The Bertz CT molecular complexity index is 610. The van der Waals surface area contributed by atoms with Crippen molar-refractivity contribution >= 4 is 0 Å². The monoisotopic (exact) mass is 291 g/mol. The molecule has 0 spiro atoms. The van der Waals surface area contributed by atoms with Gasteiger partial charge in [0.15, 0.2) is 0 Å². The zero-order valence-corrected chi connectivity index (χ0v) is 13.0. The highest BCUT2D eigenvalue weighted by atomic mass is 19.1. The van der Waals surface area contributed by atoms with Gasteiger partial charge in [-0.05, 0) is 25.6 Å². The molecule has 21 heavy (non-hydrogen) atoms. The van der Waals surface area contributed by atoms with Gasteiger partial charge in [0.05, 0.1) is 12.8 Å². The molecule has 0 bridgehead atoms. The molecule has 0 saturated heterocycles. The molecule has 0 saturated carbocycles. The van der Waals surface area contributed by atoms with Crippen molar-refractivity contribution in [3.8, 4) is 5.75 Å². The van der Waals surface area contributed by atoms with Crippen molar-refractivity contribution in [3.63, 3.8) is 0 Å². The minimum atomic E-state index is -0.251. The maximum atomic E-state index is 14.3. The van der Waals surface area contributed by atoms with E-state index in [1.807, 2.05) is 31.6 Å². The van der Waals surface area contributed by atoms with E-state index in [9.17, 15) is 4.39 Å². The van der Waals surface area contributed by atoms with E-state index >= 15 is 0 Å². The first kappa shape index (κ1) is 15.5. The van der Waals surface area contributed by atoms with E-state index in [0.29, 0.717) is 17.7 Å². The van der Waals surface area contributed by atoms with Crippen molar-refractivity contribution in [2.75, 3.05) is 13.7 Å². The number of likely N-dealkylation sites (N-methyl/N-ethyl adjacent to an activating group) is 1. The van der Waals surface area contributed by atoms with E-state index in [0.717, 1.165) is 17.9 Å². The summed E-state index contributed by atoms with van der Waals surface area (Å²) in [4.78, 5) is 0. The summed E-state index contributed by atoms with van der Waals surface area (Å²) in [5.41, 5.74) is 2.70. The summed E-state index contributed by atoms with van der Waals surface area (Å²) in [6, 6.07) is 6.94. The van der Waals surface area contributed by atoms with Crippen LogP contribution in [0.4, 0.5) is 4.39 Å². The second-order valence-corrected chi connectivity index (χ2v) is 5.10. The summed E-state index contributed by atoms with van der Waals surface area (Å²) < 4.78 is 21.2. The first-order valence-corrected chi connectivity index (χ1v) is 7.11. The van der Waals surface area contributed by atoms with E-state index in [2.05, 4.69) is 10.4 Å². The number of nitrogens with one attached hydrogen (secondary N) is 1. The highest BCUT2D eigenvalue weighted by Gasteiger charge is 2.18. The molecule has 0 fully saturated rings. The Morgan fingerprint density at radius 3 is 2.67 bits per heavy atom. The van der Waals surface area contributed by atoms with Crippen molar-refractivity contribution in [2.24, 2.45) is 7.05 Å². The minimum Gasteiger partial charge on any atom is -0.497 e. The number of benzene rings is 1. The maximum Gasteiger partial charge on any atom is 0.131 e. The molecule has 1 N–H and O–H groups in total. The van der Waals surface area contributed by atoms with Crippen LogP contribution in [-0.4, -0.2) is 23.4 Å². The average molecular weight is 291 g/mol. The molecule has 0 aliphatic heterocycles. The number of nitrogens with zero attached hydrogens (tertiary/aromatic N) is 2. The predicted molar refractivity (Wildman–Crippen MR) is 81.0 cm³/mol. The first-order chi connectivity index (χ1) is 10.0. The van der Waals surface area contributed by atoms with Crippen LogP contribution in [0.15, 0.2) is 24.3 Å². The Morgan fingerprint density at radius 2 is 2.14 bits per heavy atom. The molecule has 2 rings (SSSR count). The van der Waals surface area contributed by atoms with Crippen molar-refractivity contribution in [1.29, 1.82) is 0 Å². The lowest BCUT2D eigenvalue weighted by molar-refractivity contribution is 0.409. The third kappa shape index (κ3) is 3.61. The summed E-state index contributed by atoms with van der Waals surface area (Å²) >= 11 is 0. The number of hydrogen-bond donors (Lipinski definition) is 1. The third-order valence-corrected chi connectivity index (χ3v) is 3.55. The molecule has 1 heterocycles. The molecular formula is C16H22FN3O. The average Bonchev–Trinajstić information content (AvgIpc) is 2.76. The first-order valence-electron chi connectivity index (χ1n) is 7.11. The summed E-state index contributed by atoms with van der Waals surface area (Å²) in [7, 11) is 3.45. The molecule has 0 aliphatic rings. The molecule has 0 radical (unpaired) electrons. The number of methoxy groups -OCH3 is 1. The van der Waals surface area contributed by atoms with Crippen LogP contribution < -0.4 is 10.1 Å². The van der Waals surface area contributed by atoms with Crippen LogP contribution in [0.25, 0.3) is 0 Å². The zero-order chi connectivity index (χ0) is 15.4. The van der Waals surface area contributed by atoms with E-state index < -0.39 is 0 Å². The summed E-state index contributed by atoms with van der Waals surface area (Å²) in [6.07, 6.45) is 0.689. The number of rotatable bonds is 6. The standard InChI is InChI=1S/C16H22FN3O/c1-5-18-16(9-12-8-11(2)19-20(12)3)14-7-6-13(21-4)10-15(14)17/h6-8,10,16,18H,5,9H2,1-4H3. The molecule has 1 aromatic heterocycles. The fraction of sp³-hybridized carbons (Fsp3) is 0.438. The molecule has 0 amide bonds. The van der Waals surface area contributed by atoms with Gasteiger partial charge in [-0.25, -0.2) is 4.39 Å². The molecule has 2 aromatic rings. The van der Waals surface area contributed by atoms with Crippen molar-refractivity contribution < 1.29 is 9.13 Å². The van der Waals surface area contributed by atoms with Crippen molar-refractivity contribution in [2.45, 2.75) is 26.3 Å². The van der Waals surface area contributed by atoms with Gasteiger partial charge in [-0.15, -0.1) is 0 Å². The van der Waals surface area contributed by atoms with Gasteiger partial charge in [0.25, 0.3) is 0 Å². The van der Waals surface area contributed by atoms with Crippen LogP contribution in [0.2, 0.25) is 0 Å². The normalized spacial score (nSPS) is 12.4.